The van der Waals surface area contributed by atoms with Gasteiger partial charge in [0.1, 0.15) is 5.78 Å². The summed E-state index contributed by atoms with van der Waals surface area (Å²) < 4.78 is 0. The van der Waals surface area contributed by atoms with Gasteiger partial charge in [-0.1, -0.05) is 19.4 Å². The Morgan fingerprint density at radius 2 is 2.00 bits per heavy atom. The number of hydrogen-bond donors (Lipinski definition) is 1. The van der Waals surface area contributed by atoms with E-state index in [4.69, 9.17) is 0 Å². The predicted molar refractivity (Wildman–Crippen MR) is 87.7 cm³/mol. The summed E-state index contributed by atoms with van der Waals surface area (Å²) in [4.78, 5) is 24.5. The second-order valence-electron chi connectivity index (χ2n) is 8.63. The van der Waals surface area contributed by atoms with E-state index in [0.29, 0.717) is 36.9 Å². The maximum atomic E-state index is 12.6. The maximum absolute atomic E-state index is 12.6. The molecule has 3 saturated carbocycles. The molecule has 0 aromatic rings. The minimum atomic E-state index is -0.403. The number of rotatable bonds is 1. The second-order valence-corrected chi connectivity index (χ2v) is 8.63. The molecule has 0 spiro atoms. The molecule has 0 aromatic carbocycles. The minimum Gasteiger partial charge on any atom is -0.393 e. The Labute approximate surface area is 138 Å². The first-order valence-electron chi connectivity index (χ1n) is 9.37. The zero-order chi connectivity index (χ0) is 16.4. The van der Waals surface area contributed by atoms with E-state index < -0.39 is 6.10 Å². The van der Waals surface area contributed by atoms with Gasteiger partial charge in [0, 0.05) is 18.3 Å². The minimum absolute atomic E-state index is 0.0399. The number of carbonyl (C=O) groups excluding carboxylic acids is 2. The van der Waals surface area contributed by atoms with E-state index >= 15 is 0 Å². The van der Waals surface area contributed by atoms with Crippen molar-refractivity contribution in [3.8, 4) is 0 Å². The van der Waals surface area contributed by atoms with E-state index in [1.54, 1.807) is 0 Å². The van der Waals surface area contributed by atoms with Gasteiger partial charge in [-0.05, 0) is 67.8 Å². The van der Waals surface area contributed by atoms with Crippen LogP contribution in [0.2, 0.25) is 0 Å². The van der Waals surface area contributed by atoms with Crippen LogP contribution in [-0.4, -0.2) is 22.8 Å². The number of ketones is 2. The van der Waals surface area contributed by atoms with Crippen LogP contribution >= 0.6 is 0 Å². The Bertz CT molecular complexity index is 592. The van der Waals surface area contributed by atoms with Gasteiger partial charge in [0.25, 0.3) is 0 Å². The summed E-state index contributed by atoms with van der Waals surface area (Å²) in [5, 5.41) is 11.1. The molecule has 1 unspecified atom stereocenters. The van der Waals surface area contributed by atoms with Gasteiger partial charge in [-0.15, -0.1) is 0 Å². The van der Waals surface area contributed by atoms with Crippen LogP contribution in [0.25, 0.3) is 0 Å². The lowest BCUT2D eigenvalue weighted by atomic mass is 9.46. The number of fused-ring (bicyclic) bond motifs is 5. The Balaban J connectivity index is 1.76. The number of aliphatic hydroxyl groups is 1. The van der Waals surface area contributed by atoms with Crippen molar-refractivity contribution in [1.29, 1.82) is 0 Å². The molecule has 3 nitrogen and oxygen atoms in total. The summed E-state index contributed by atoms with van der Waals surface area (Å²) in [6.07, 6.45) is 8.18. The van der Waals surface area contributed by atoms with E-state index in [2.05, 4.69) is 13.8 Å². The lowest BCUT2D eigenvalue weighted by Gasteiger charge is -2.59. The molecule has 0 aliphatic heterocycles. The average molecular weight is 316 g/mol. The van der Waals surface area contributed by atoms with Crippen molar-refractivity contribution in [2.24, 2.45) is 28.6 Å². The second kappa shape index (κ2) is 5.02. The molecular formula is C20H28O3. The first kappa shape index (κ1) is 15.6. The van der Waals surface area contributed by atoms with Gasteiger partial charge in [0.15, 0.2) is 5.78 Å². The Kier molecular flexibility index (Phi) is 3.39. The van der Waals surface area contributed by atoms with Crippen LogP contribution in [0.3, 0.4) is 0 Å². The first-order chi connectivity index (χ1) is 10.9. The zero-order valence-electron chi connectivity index (χ0n) is 14.3. The largest absolute Gasteiger partial charge is 0.393 e. The number of hydrogen-bond acceptors (Lipinski definition) is 3. The van der Waals surface area contributed by atoms with E-state index in [9.17, 15) is 14.7 Å². The molecule has 0 aromatic heterocycles. The highest BCUT2D eigenvalue weighted by atomic mass is 16.3. The van der Waals surface area contributed by atoms with Crippen LogP contribution in [0, 0.1) is 28.6 Å². The monoisotopic (exact) mass is 316 g/mol. The molecule has 0 amide bonds. The van der Waals surface area contributed by atoms with E-state index in [1.165, 1.54) is 5.57 Å². The molecule has 0 saturated heterocycles. The molecule has 3 fully saturated rings. The number of Topliss-reactive ketones (excluding diaryl/α,β-unsaturated/α-hetero) is 1. The van der Waals surface area contributed by atoms with Crippen LogP contribution in [-0.2, 0) is 9.59 Å². The number of allylic oxidation sites excluding steroid dienone is 1. The van der Waals surface area contributed by atoms with Crippen molar-refractivity contribution in [2.75, 3.05) is 0 Å². The molecule has 0 bridgehead atoms. The standard InChI is InChI=1S/C20H28O3/c1-3-20-11-16(22)18-14(15(20)6-7-17(20)23)5-4-12-10-13(21)8-9-19(12,18)2/h10,14-16,18,22H,3-9,11H2,1-2H3/t14-,15-,16?,18+,19-,20-/m0/s1. The van der Waals surface area contributed by atoms with E-state index in [-0.39, 0.29) is 22.5 Å². The molecular weight excluding hydrogens is 288 g/mol. The fraction of sp³-hybridized carbons (Fsp3) is 0.800. The molecule has 4 rings (SSSR count). The number of aliphatic hydroxyl groups excluding tert-OH is 1. The van der Waals surface area contributed by atoms with Crippen LogP contribution in [0.15, 0.2) is 11.6 Å². The topological polar surface area (TPSA) is 54.4 Å². The fourth-order valence-electron chi connectivity index (χ4n) is 6.86. The van der Waals surface area contributed by atoms with Crippen molar-refractivity contribution < 1.29 is 14.7 Å². The summed E-state index contributed by atoms with van der Waals surface area (Å²) >= 11 is 0. The lowest BCUT2D eigenvalue weighted by Crippen LogP contribution is -2.57. The molecule has 126 valence electrons. The summed E-state index contributed by atoms with van der Waals surface area (Å²) in [7, 11) is 0. The molecule has 23 heavy (non-hydrogen) atoms. The predicted octanol–water partition coefficient (Wildman–Crippen LogP) is 3.45. The summed E-state index contributed by atoms with van der Waals surface area (Å²) in [6, 6.07) is 0. The first-order valence-corrected chi connectivity index (χ1v) is 9.37. The summed E-state index contributed by atoms with van der Waals surface area (Å²) in [6.45, 7) is 4.39. The molecule has 0 heterocycles. The third-order valence-corrected chi connectivity index (χ3v) is 7.99. The highest BCUT2D eigenvalue weighted by Crippen LogP contribution is 2.65. The van der Waals surface area contributed by atoms with Gasteiger partial charge < -0.3 is 5.11 Å². The third-order valence-electron chi connectivity index (χ3n) is 7.99. The van der Waals surface area contributed by atoms with Gasteiger partial charge >= 0.3 is 0 Å². The Hall–Kier alpha value is -0.960. The van der Waals surface area contributed by atoms with Gasteiger partial charge in [-0.3, -0.25) is 9.59 Å². The molecule has 6 atom stereocenters. The smallest absolute Gasteiger partial charge is 0.155 e. The summed E-state index contributed by atoms with van der Waals surface area (Å²) in [5.41, 5.74) is 0.965. The van der Waals surface area contributed by atoms with Crippen molar-refractivity contribution in [3.63, 3.8) is 0 Å². The maximum Gasteiger partial charge on any atom is 0.155 e. The van der Waals surface area contributed by atoms with Crippen LogP contribution in [0.4, 0.5) is 0 Å². The highest BCUT2D eigenvalue weighted by Gasteiger charge is 2.62. The normalized spacial score (nSPS) is 49.3. The van der Waals surface area contributed by atoms with E-state index in [0.717, 1.165) is 32.1 Å². The SMILES string of the molecule is CC[C@]12CC(O)[C@H]3[C@@H](CCC4=CC(=O)CC[C@@]43C)[C@@H]1CCC2=O. The lowest BCUT2D eigenvalue weighted by molar-refractivity contribution is -0.150. The van der Waals surface area contributed by atoms with Gasteiger partial charge in [-0.2, -0.15) is 0 Å². The van der Waals surface area contributed by atoms with Crippen LogP contribution in [0.1, 0.15) is 65.2 Å². The van der Waals surface area contributed by atoms with Crippen LogP contribution in [0.5, 0.6) is 0 Å². The van der Waals surface area contributed by atoms with Crippen LogP contribution < -0.4 is 0 Å². The fourth-order valence-corrected chi connectivity index (χ4v) is 6.86. The number of carbonyl (C=O) groups is 2. The average Bonchev–Trinajstić information content (AvgIpc) is 2.85. The third kappa shape index (κ3) is 1.92. The van der Waals surface area contributed by atoms with Gasteiger partial charge in [-0.25, -0.2) is 0 Å². The van der Waals surface area contributed by atoms with E-state index in [1.807, 2.05) is 6.08 Å². The Morgan fingerprint density at radius 1 is 1.22 bits per heavy atom. The van der Waals surface area contributed by atoms with Crippen molar-refractivity contribution in [2.45, 2.75) is 71.3 Å². The quantitative estimate of drug-likeness (QED) is 0.806. The zero-order valence-corrected chi connectivity index (χ0v) is 14.3. The van der Waals surface area contributed by atoms with Crippen molar-refractivity contribution >= 4 is 11.6 Å². The molecule has 4 aliphatic rings. The van der Waals surface area contributed by atoms with Gasteiger partial charge in [0.2, 0.25) is 0 Å². The molecule has 3 heteroatoms. The summed E-state index contributed by atoms with van der Waals surface area (Å²) in [5.74, 6) is 1.77. The molecule has 1 N–H and O–H groups in total. The molecule has 0 radical (unpaired) electrons. The van der Waals surface area contributed by atoms with Gasteiger partial charge in [0.05, 0.1) is 6.10 Å². The molecule has 4 aliphatic carbocycles. The Morgan fingerprint density at radius 3 is 2.74 bits per heavy atom. The van der Waals surface area contributed by atoms with Crippen molar-refractivity contribution in [3.05, 3.63) is 11.6 Å². The van der Waals surface area contributed by atoms with Crippen molar-refractivity contribution in [1.82, 2.24) is 0 Å². The highest BCUT2D eigenvalue weighted by molar-refractivity contribution is 5.91.